The van der Waals surface area contributed by atoms with Gasteiger partial charge >= 0.3 is 0 Å². The summed E-state index contributed by atoms with van der Waals surface area (Å²) in [6.45, 7) is 0.871. The van der Waals surface area contributed by atoms with Crippen LogP contribution in [-0.2, 0) is 10.0 Å². The maximum atomic E-state index is 13.5. The van der Waals surface area contributed by atoms with Crippen LogP contribution >= 0.6 is 0 Å². The number of carbonyl (C=O) groups excluding carboxylic acids is 1. The summed E-state index contributed by atoms with van der Waals surface area (Å²) in [5.74, 6) is -3.36. The van der Waals surface area contributed by atoms with Crippen LogP contribution in [0.4, 0.5) is 31.5 Å². The molecule has 12 nitrogen and oxygen atoms in total. The fourth-order valence-electron chi connectivity index (χ4n) is 5.53. The molecule has 1 aliphatic carbocycles. The average molecular weight is 627 g/mol. The highest BCUT2D eigenvalue weighted by molar-refractivity contribution is 7.90. The average Bonchev–Trinajstić information content (AvgIpc) is 3.46. The molecule has 3 N–H and O–H groups in total. The van der Waals surface area contributed by atoms with Gasteiger partial charge in [-0.3, -0.25) is 14.9 Å². The molecule has 44 heavy (non-hydrogen) atoms. The summed E-state index contributed by atoms with van der Waals surface area (Å²) in [7, 11) is -4.53. The second-order valence-electron chi connectivity index (χ2n) is 10.8. The molecule has 0 spiro atoms. The van der Waals surface area contributed by atoms with Crippen LogP contribution in [0.5, 0.6) is 5.88 Å². The molecule has 2 aromatic carbocycles. The topological polar surface area (TPSA) is 160 Å². The predicted octanol–water partition coefficient (Wildman–Crippen LogP) is 5.36. The van der Waals surface area contributed by atoms with Crippen LogP contribution < -0.4 is 19.7 Å². The number of aromatic amines is 1. The van der Waals surface area contributed by atoms with Crippen LogP contribution in [0.1, 0.15) is 36.0 Å². The van der Waals surface area contributed by atoms with Crippen molar-refractivity contribution in [1.29, 1.82) is 0 Å². The van der Waals surface area contributed by atoms with Crippen molar-refractivity contribution in [3.8, 4) is 5.88 Å². The van der Waals surface area contributed by atoms with E-state index < -0.39 is 37.4 Å². The molecule has 0 radical (unpaired) electrons. The molecule has 230 valence electrons. The molecule has 6 rings (SSSR count). The number of nitro benzene ring substituents is 1. The molecule has 1 saturated carbocycles. The minimum atomic E-state index is -4.53. The summed E-state index contributed by atoms with van der Waals surface area (Å²) in [5, 5.41) is 15.6. The van der Waals surface area contributed by atoms with Crippen molar-refractivity contribution in [2.75, 3.05) is 29.9 Å². The minimum absolute atomic E-state index is 0.0547. The maximum absolute atomic E-state index is 13.5. The summed E-state index contributed by atoms with van der Waals surface area (Å²) >= 11 is 0. The van der Waals surface area contributed by atoms with Gasteiger partial charge in [-0.1, -0.05) is 12.1 Å². The predicted molar refractivity (Wildman–Crippen MR) is 158 cm³/mol. The summed E-state index contributed by atoms with van der Waals surface area (Å²) in [6.07, 6.45) is 1.81. The monoisotopic (exact) mass is 626 g/mol. The summed E-state index contributed by atoms with van der Waals surface area (Å²) < 4.78 is 61.3. The fraction of sp³-hybridized carbons (Fsp3) is 0.310. The van der Waals surface area contributed by atoms with Gasteiger partial charge in [0.15, 0.2) is 0 Å². The number of H-pyrrole nitrogens is 1. The van der Waals surface area contributed by atoms with E-state index in [0.29, 0.717) is 29.4 Å². The number of carbonyl (C=O) groups is 1. The molecule has 1 aliphatic heterocycles. The molecule has 1 amide bonds. The molecule has 0 bridgehead atoms. The number of anilines is 3. The zero-order valence-corrected chi connectivity index (χ0v) is 24.1. The van der Waals surface area contributed by atoms with E-state index in [9.17, 15) is 32.1 Å². The molecule has 2 aliphatic rings. The molecule has 3 heterocycles. The van der Waals surface area contributed by atoms with Gasteiger partial charge < -0.3 is 19.9 Å². The van der Waals surface area contributed by atoms with E-state index in [1.165, 1.54) is 12.1 Å². The largest absolute Gasteiger partial charge is 0.474 e. The smallest absolute Gasteiger partial charge is 0.293 e. The maximum Gasteiger partial charge on any atom is 0.293 e. The van der Waals surface area contributed by atoms with E-state index in [2.05, 4.69) is 15.3 Å². The molecule has 0 unspecified atom stereocenters. The van der Waals surface area contributed by atoms with Crippen molar-refractivity contribution in [2.24, 2.45) is 5.92 Å². The van der Waals surface area contributed by atoms with Crippen LogP contribution in [0.3, 0.4) is 0 Å². The normalized spacial score (nSPS) is 16.6. The van der Waals surface area contributed by atoms with E-state index in [1.807, 2.05) is 21.8 Å². The summed E-state index contributed by atoms with van der Waals surface area (Å²) in [5.41, 5.74) is 1.26. The van der Waals surface area contributed by atoms with E-state index >= 15 is 0 Å². The lowest BCUT2D eigenvalue weighted by Crippen LogP contribution is -2.34. The quantitative estimate of drug-likeness (QED) is 0.173. The number of hydrogen-bond acceptors (Lipinski definition) is 9. The van der Waals surface area contributed by atoms with Gasteiger partial charge in [-0.25, -0.2) is 21.9 Å². The Morgan fingerprint density at radius 3 is 2.68 bits per heavy atom. The van der Waals surface area contributed by atoms with Gasteiger partial charge in [-0.05, 0) is 55.2 Å². The van der Waals surface area contributed by atoms with Crippen LogP contribution in [-0.4, -0.2) is 54.8 Å². The Hall–Kier alpha value is -4.79. The zero-order chi connectivity index (χ0) is 31.1. The van der Waals surface area contributed by atoms with Gasteiger partial charge in [-0.2, -0.15) is 4.98 Å². The van der Waals surface area contributed by atoms with E-state index in [4.69, 9.17) is 4.74 Å². The number of alkyl halides is 2. The number of nitrogens with zero attached hydrogens (tertiary/aromatic N) is 3. The number of nitrogens with one attached hydrogen (secondary N) is 3. The van der Waals surface area contributed by atoms with Gasteiger partial charge in [0.25, 0.3) is 21.6 Å². The number of benzene rings is 2. The third kappa shape index (κ3) is 5.86. The molecule has 0 atom stereocenters. The number of amides is 1. The minimum Gasteiger partial charge on any atom is -0.474 e. The number of rotatable bonds is 8. The Kier molecular flexibility index (Phi) is 7.57. The fourth-order valence-corrected chi connectivity index (χ4v) is 6.52. The SMILES string of the molecule is O=C(NS(=O)(=O)c1ccc(NCC2CCC(F)(F)CC2)c([N+](=O)[O-])c1)c1ccccc1N1CCOc2nc3[nH]ccc3cc21. The standard InChI is InChI=1S/C29H28F2N6O6S/c30-29(31)10-7-18(8-11-29)17-33-22-6-5-20(16-24(22)37(39)40)44(41,42)35-27(38)21-3-1-2-4-23(21)36-13-14-43-28-25(36)15-19-9-12-32-26(19)34-28/h1-6,9,12,15-16,18,33H,7-8,10-11,13-14,17H2,(H,32,34)(H,35,38). The molecule has 1 fully saturated rings. The first-order chi connectivity index (χ1) is 21.0. The third-order valence-electron chi connectivity index (χ3n) is 7.89. The number of pyridine rings is 1. The van der Waals surface area contributed by atoms with Gasteiger partial charge in [-0.15, -0.1) is 0 Å². The zero-order valence-electron chi connectivity index (χ0n) is 23.3. The lowest BCUT2D eigenvalue weighted by atomic mass is 9.87. The highest BCUT2D eigenvalue weighted by atomic mass is 32.2. The number of para-hydroxylation sites is 1. The van der Waals surface area contributed by atoms with Gasteiger partial charge in [0, 0.05) is 37.0 Å². The number of ether oxygens (including phenoxy) is 1. The molecule has 15 heteroatoms. The second-order valence-corrected chi connectivity index (χ2v) is 12.5. The highest BCUT2D eigenvalue weighted by Gasteiger charge is 2.35. The van der Waals surface area contributed by atoms with E-state index in [0.717, 1.165) is 17.5 Å². The van der Waals surface area contributed by atoms with Crippen molar-refractivity contribution in [3.63, 3.8) is 0 Å². The third-order valence-corrected chi connectivity index (χ3v) is 9.21. The van der Waals surface area contributed by atoms with Crippen LogP contribution in [0, 0.1) is 16.0 Å². The lowest BCUT2D eigenvalue weighted by molar-refractivity contribution is -0.384. The van der Waals surface area contributed by atoms with Crippen LogP contribution in [0.2, 0.25) is 0 Å². The Labute approximate surface area is 250 Å². The Morgan fingerprint density at radius 1 is 1.14 bits per heavy atom. The number of sulfonamides is 1. The number of halogens is 2. The Bertz CT molecular complexity index is 1850. The Morgan fingerprint density at radius 2 is 1.91 bits per heavy atom. The van der Waals surface area contributed by atoms with Gasteiger partial charge in [0.05, 0.1) is 27.6 Å². The summed E-state index contributed by atoms with van der Waals surface area (Å²) in [6, 6.07) is 13.4. The molecular formula is C29H28F2N6O6S. The van der Waals surface area contributed by atoms with Crippen molar-refractivity contribution in [2.45, 2.75) is 36.5 Å². The Balaban J connectivity index is 1.22. The van der Waals surface area contributed by atoms with Crippen LogP contribution in [0.15, 0.2) is 65.7 Å². The molecule has 2 aromatic heterocycles. The highest BCUT2D eigenvalue weighted by Crippen LogP contribution is 2.39. The number of fused-ring (bicyclic) bond motifs is 2. The first-order valence-electron chi connectivity index (χ1n) is 14.0. The summed E-state index contributed by atoms with van der Waals surface area (Å²) in [4.78, 5) is 33.4. The number of aromatic nitrogens is 2. The van der Waals surface area contributed by atoms with Crippen molar-refractivity contribution < 1.29 is 31.7 Å². The van der Waals surface area contributed by atoms with Crippen molar-refractivity contribution in [3.05, 3.63) is 76.5 Å². The second kappa shape index (κ2) is 11.4. The van der Waals surface area contributed by atoms with E-state index in [-0.39, 0.29) is 56.0 Å². The van der Waals surface area contributed by atoms with Crippen molar-refractivity contribution in [1.82, 2.24) is 14.7 Å². The molecular weight excluding hydrogens is 598 g/mol. The van der Waals surface area contributed by atoms with Crippen LogP contribution in [0.25, 0.3) is 11.0 Å². The number of hydrogen-bond donors (Lipinski definition) is 3. The first-order valence-corrected chi connectivity index (χ1v) is 15.4. The van der Waals surface area contributed by atoms with Gasteiger partial charge in [0.1, 0.15) is 23.6 Å². The van der Waals surface area contributed by atoms with Gasteiger partial charge in [0.2, 0.25) is 11.8 Å². The lowest BCUT2D eigenvalue weighted by Gasteiger charge is -2.31. The molecule has 0 saturated heterocycles. The number of nitro groups is 1. The molecule has 4 aromatic rings. The van der Waals surface area contributed by atoms with E-state index in [1.54, 1.807) is 24.4 Å². The van der Waals surface area contributed by atoms with Crippen molar-refractivity contribution >= 4 is 49.7 Å². The first kappa shape index (κ1) is 29.3.